The Morgan fingerprint density at radius 1 is 0.600 bits per heavy atom. The van der Waals surface area contributed by atoms with E-state index in [-0.39, 0.29) is 0 Å². The van der Waals surface area contributed by atoms with E-state index in [0.29, 0.717) is 0 Å². The fourth-order valence-electron chi connectivity index (χ4n) is 4.03. The molecule has 3 heterocycles. The highest BCUT2D eigenvalue weighted by atomic mass is 16.7. The molecule has 3 fully saturated rings. The standard InChI is InChI=1S/C18H30O17/c19-1-3-5(21)12(10(26)16(30)31-3)33-18-11(27)13(6(22)4(2-20)32-18)34-17-9(25)7(23)8(24)14(35-17)15(28)29/h3-14,16-27,30H,1-2H2,(H,28,29)/t3-,4-,5+,6+,7+,8-,9-,10-,11-,12+,13+,14+,16?,17-,18+/m1/s1. The number of rotatable bonds is 7. The highest BCUT2D eigenvalue weighted by Crippen LogP contribution is 2.32. The molecule has 3 saturated heterocycles. The van der Waals surface area contributed by atoms with Gasteiger partial charge in [-0.15, -0.1) is 0 Å². The van der Waals surface area contributed by atoms with Gasteiger partial charge in [0, 0.05) is 0 Å². The highest BCUT2D eigenvalue weighted by molar-refractivity contribution is 5.73. The topological polar surface area (TPSA) is 286 Å². The van der Waals surface area contributed by atoms with E-state index in [9.17, 15) is 55.9 Å². The summed E-state index contributed by atoms with van der Waals surface area (Å²) in [5, 5.41) is 109. The van der Waals surface area contributed by atoms with E-state index in [1.54, 1.807) is 0 Å². The number of aliphatic hydroxyl groups excluding tert-OH is 10. The Labute approximate surface area is 196 Å². The predicted molar refractivity (Wildman–Crippen MR) is 102 cm³/mol. The summed E-state index contributed by atoms with van der Waals surface area (Å²) in [5.74, 6) is -1.71. The Morgan fingerprint density at radius 3 is 1.60 bits per heavy atom. The minimum Gasteiger partial charge on any atom is -0.479 e. The zero-order valence-corrected chi connectivity index (χ0v) is 17.9. The maximum absolute atomic E-state index is 11.3. The second kappa shape index (κ2) is 11.5. The summed E-state index contributed by atoms with van der Waals surface area (Å²) in [4.78, 5) is 11.3. The average molecular weight is 518 g/mol. The van der Waals surface area contributed by atoms with Crippen molar-refractivity contribution in [3.8, 4) is 0 Å². The quantitative estimate of drug-likeness (QED) is 0.149. The summed E-state index contributed by atoms with van der Waals surface area (Å²) in [6, 6.07) is 0. The second-order valence-electron chi connectivity index (χ2n) is 8.37. The van der Waals surface area contributed by atoms with E-state index in [2.05, 4.69) is 0 Å². The van der Waals surface area contributed by atoms with Crippen molar-refractivity contribution < 1.29 is 84.7 Å². The first-order chi connectivity index (χ1) is 16.4. The van der Waals surface area contributed by atoms with Gasteiger partial charge in [0.05, 0.1) is 13.2 Å². The predicted octanol–water partition coefficient (Wildman–Crippen LogP) is -7.48. The first-order valence-electron chi connectivity index (χ1n) is 10.6. The van der Waals surface area contributed by atoms with Crippen molar-refractivity contribution in [3.05, 3.63) is 0 Å². The van der Waals surface area contributed by atoms with Gasteiger partial charge in [0.2, 0.25) is 0 Å². The Hall–Kier alpha value is -1.13. The van der Waals surface area contributed by atoms with Crippen LogP contribution in [0.15, 0.2) is 0 Å². The Morgan fingerprint density at radius 2 is 1.09 bits per heavy atom. The van der Waals surface area contributed by atoms with Crippen LogP contribution in [-0.4, -0.2) is 167 Å². The van der Waals surface area contributed by atoms with Gasteiger partial charge in [-0.25, -0.2) is 4.79 Å². The summed E-state index contributed by atoms with van der Waals surface area (Å²) in [6.45, 7) is -1.65. The summed E-state index contributed by atoms with van der Waals surface area (Å²) in [7, 11) is 0. The Kier molecular flexibility index (Phi) is 9.35. The van der Waals surface area contributed by atoms with Gasteiger partial charge in [-0.3, -0.25) is 0 Å². The third-order valence-corrected chi connectivity index (χ3v) is 6.06. The molecule has 15 atom stereocenters. The van der Waals surface area contributed by atoms with E-state index < -0.39 is 111 Å². The van der Waals surface area contributed by atoms with Crippen LogP contribution in [0.2, 0.25) is 0 Å². The van der Waals surface area contributed by atoms with Crippen LogP contribution in [0.4, 0.5) is 0 Å². The molecular formula is C18H30O17. The number of hydrogen-bond acceptors (Lipinski definition) is 16. The van der Waals surface area contributed by atoms with Gasteiger partial charge in [0.25, 0.3) is 0 Å². The average Bonchev–Trinajstić information content (AvgIpc) is 2.82. The zero-order valence-electron chi connectivity index (χ0n) is 17.9. The molecule has 0 saturated carbocycles. The molecule has 3 aliphatic rings. The molecular weight excluding hydrogens is 488 g/mol. The molecule has 17 nitrogen and oxygen atoms in total. The molecule has 0 spiro atoms. The molecule has 0 radical (unpaired) electrons. The fourth-order valence-corrected chi connectivity index (χ4v) is 4.03. The molecule has 0 amide bonds. The van der Waals surface area contributed by atoms with Crippen LogP contribution >= 0.6 is 0 Å². The lowest BCUT2D eigenvalue weighted by atomic mass is 9.96. The largest absolute Gasteiger partial charge is 0.479 e. The maximum atomic E-state index is 11.3. The molecule has 204 valence electrons. The van der Waals surface area contributed by atoms with Gasteiger partial charge in [0.15, 0.2) is 25.0 Å². The van der Waals surface area contributed by atoms with E-state index in [4.69, 9.17) is 28.8 Å². The first kappa shape index (κ1) is 28.4. The lowest BCUT2D eigenvalue weighted by Gasteiger charge is -2.47. The SMILES string of the molecule is O=C(O)[C@H]1O[C@@H](O[C@H]2[C@@H](O)[C@@H](CO)O[C@@H](O[C@H]3[C@@H](O)[C@@H](CO)OC(O)[C@@H]3O)[C@@H]2O)[C@H](O)[C@@H](O)[C@H]1O. The number of carboxylic acids is 1. The van der Waals surface area contributed by atoms with E-state index in [1.807, 2.05) is 0 Å². The Balaban J connectivity index is 1.80. The van der Waals surface area contributed by atoms with Crippen molar-refractivity contribution in [2.75, 3.05) is 13.2 Å². The number of aliphatic hydroxyl groups is 10. The van der Waals surface area contributed by atoms with Crippen LogP contribution in [0, 0.1) is 0 Å². The summed E-state index contributed by atoms with van der Waals surface area (Å²) in [5.41, 5.74) is 0. The molecule has 0 aromatic rings. The van der Waals surface area contributed by atoms with Gasteiger partial charge < -0.3 is 79.9 Å². The van der Waals surface area contributed by atoms with Crippen LogP contribution in [0.25, 0.3) is 0 Å². The maximum Gasteiger partial charge on any atom is 0.335 e. The molecule has 1 unspecified atom stereocenters. The normalized spacial score (nSPS) is 51.2. The van der Waals surface area contributed by atoms with Crippen molar-refractivity contribution in [1.82, 2.24) is 0 Å². The number of aliphatic carboxylic acids is 1. The van der Waals surface area contributed by atoms with Gasteiger partial charge in [-0.05, 0) is 0 Å². The molecule has 11 N–H and O–H groups in total. The number of carbonyl (C=O) groups is 1. The van der Waals surface area contributed by atoms with Crippen molar-refractivity contribution >= 4 is 5.97 Å². The van der Waals surface area contributed by atoms with Crippen molar-refractivity contribution in [1.29, 1.82) is 0 Å². The Bertz CT molecular complexity index is 711. The summed E-state index contributed by atoms with van der Waals surface area (Å²) >= 11 is 0. The van der Waals surface area contributed by atoms with Gasteiger partial charge in [-0.1, -0.05) is 0 Å². The monoisotopic (exact) mass is 518 g/mol. The van der Waals surface area contributed by atoms with E-state index in [1.165, 1.54) is 0 Å². The van der Waals surface area contributed by atoms with E-state index >= 15 is 0 Å². The molecule has 3 rings (SSSR count). The molecule has 17 heteroatoms. The lowest BCUT2D eigenvalue weighted by Crippen LogP contribution is -2.67. The van der Waals surface area contributed by atoms with Crippen LogP contribution in [0.1, 0.15) is 0 Å². The number of ether oxygens (including phenoxy) is 5. The molecule has 0 aliphatic carbocycles. The third kappa shape index (κ3) is 5.59. The minimum atomic E-state index is -2.05. The van der Waals surface area contributed by atoms with Gasteiger partial charge in [0.1, 0.15) is 67.1 Å². The smallest absolute Gasteiger partial charge is 0.335 e. The second-order valence-corrected chi connectivity index (χ2v) is 8.37. The first-order valence-corrected chi connectivity index (χ1v) is 10.6. The molecule has 0 aromatic heterocycles. The number of carboxylic acid groups (broad SMARTS) is 1. The molecule has 35 heavy (non-hydrogen) atoms. The van der Waals surface area contributed by atoms with Crippen LogP contribution in [0.3, 0.4) is 0 Å². The third-order valence-electron chi connectivity index (χ3n) is 6.06. The van der Waals surface area contributed by atoms with Crippen molar-refractivity contribution in [2.45, 2.75) is 92.1 Å². The highest BCUT2D eigenvalue weighted by Gasteiger charge is 2.54. The van der Waals surface area contributed by atoms with Gasteiger partial charge >= 0.3 is 5.97 Å². The zero-order chi connectivity index (χ0) is 26.2. The van der Waals surface area contributed by atoms with Crippen LogP contribution in [0.5, 0.6) is 0 Å². The number of hydrogen-bond donors (Lipinski definition) is 11. The van der Waals surface area contributed by atoms with Crippen LogP contribution in [-0.2, 0) is 28.5 Å². The minimum absolute atomic E-state index is 0.779. The molecule has 0 aromatic carbocycles. The van der Waals surface area contributed by atoms with Crippen LogP contribution < -0.4 is 0 Å². The molecule has 3 aliphatic heterocycles. The fraction of sp³-hybridized carbons (Fsp3) is 0.944. The van der Waals surface area contributed by atoms with Gasteiger partial charge in [-0.2, -0.15) is 0 Å². The van der Waals surface area contributed by atoms with E-state index in [0.717, 1.165) is 0 Å². The van der Waals surface area contributed by atoms with Crippen molar-refractivity contribution in [3.63, 3.8) is 0 Å². The lowest BCUT2D eigenvalue weighted by molar-refractivity contribution is -0.377. The summed E-state index contributed by atoms with van der Waals surface area (Å²) < 4.78 is 25.8. The summed E-state index contributed by atoms with van der Waals surface area (Å²) in [6.07, 6.45) is -27.9. The van der Waals surface area contributed by atoms with Crippen molar-refractivity contribution in [2.24, 2.45) is 0 Å². The molecule has 0 bridgehead atoms.